The van der Waals surface area contributed by atoms with Crippen molar-refractivity contribution in [3.8, 4) is 11.5 Å². The fraction of sp³-hybridized carbons (Fsp3) is 0.278. The summed E-state index contributed by atoms with van der Waals surface area (Å²) in [6.45, 7) is -0.147. The number of amides is 1. The average Bonchev–Trinajstić information content (AvgIpc) is 3.08. The minimum Gasteiger partial charge on any atom is -0.491 e. The van der Waals surface area contributed by atoms with Gasteiger partial charge in [-0.3, -0.25) is 9.59 Å². The zero-order valence-corrected chi connectivity index (χ0v) is 27.0. The van der Waals surface area contributed by atoms with Crippen molar-refractivity contribution in [2.24, 2.45) is 0 Å². The maximum absolute atomic E-state index is 15.2. The lowest BCUT2D eigenvalue weighted by molar-refractivity contribution is -0.253. The zero-order chi connectivity index (χ0) is 38.3. The number of unbranched alkanes of at least 4 members (excludes halogenated alkanes) is 1. The van der Waals surface area contributed by atoms with Crippen LogP contribution in [-0.2, 0) is 27.7 Å². The number of nitrogens with one attached hydrogen (secondary N) is 1. The molecule has 0 bridgehead atoms. The summed E-state index contributed by atoms with van der Waals surface area (Å²) >= 11 is 0. The highest BCUT2D eigenvalue weighted by atomic mass is 19.4. The van der Waals surface area contributed by atoms with Crippen LogP contribution >= 0.6 is 0 Å². The second-order valence-corrected chi connectivity index (χ2v) is 11.4. The lowest BCUT2D eigenvalue weighted by Gasteiger charge is -2.37. The summed E-state index contributed by atoms with van der Waals surface area (Å²) in [5.41, 5.74) is -5.04. The number of hydrogen-bond donors (Lipinski definition) is 1. The molecular formula is C36H29F10NO5. The Labute approximate surface area is 290 Å². The van der Waals surface area contributed by atoms with E-state index in [4.69, 9.17) is 4.74 Å². The van der Waals surface area contributed by atoms with E-state index in [9.17, 15) is 44.7 Å². The molecule has 4 aromatic carbocycles. The van der Waals surface area contributed by atoms with E-state index in [0.717, 1.165) is 30.3 Å². The van der Waals surface area contributed by atoms with Crippen molar-refractivity contribution in [1.82, 2.24) is 5.32 Å². The number of benzene rings is 4. The van der Waals surface area contributed by atoms with Crippen LogP contribution in [0.25, 0.3) is 0 Å². The minimum atomic E-state index is -5.23. The quantitative estimate of drug-likeness (QED) is 0.0748. The van der Waals surface area contributed by atoms with Crippen LogP contribution in [0.15, 0.2) is 84.9 Å². The number of alkyl halides is 7. The summed E-state index contributed by atoms with van der Waals surface area (Å²) in [5.74, 6) is -7.35. The first-order valence-corrected chi connectivity index (χ1v) is 15.3. The maximum atomic E-state index is 15.2. The Kier molecular flexibility index (Phi) is 12.4. The molecular weight excluding hydrogens is 716 g/mol. The normalized spacial score (nSPS) is 13.0. The van der Waals surface area contributed by atoms with Gasteiger partial charge in [0.1, 0.15) is 17.4 Å². The molecule has 1 amide bonds. The Balaban J connectivity index is 1.93. The van der Waals surface area contributed by atoms with Gasteiger partial charge in [0, 0.05) is 24.5 Å². The molecule has 4 rings (SSSR count). The first-order chi connectivity index (χ1) is 24.4. The Morgan fingerprint density at radius 2 is 1.48 bits per heavy atom. The summed E-state index contributed by atoms with van der Waals surface area (Å²) in [6, 6.07) is 13.9. The third-order valence-electron chi connectivity index (χ3n) is 7.73. The molecule has 0 saturated carbocycles. The Hall–Kier alpha value is -5.28. The van der Waals surface area contributed by atoms with Crippen molar-refractivity contribution in [1.29, 1.82) is 0 Å². The van der Waals surface area contributed by atoms with Crippen molar-refractivity contribution in [2.45, 2.75) is 49.9 Å². The summed E-state index contributed by atoms with van der Waals surface area (Å²) in [5, 5.41) is 2.49. The van der Waals surface area contributed by atoms with Crippen molar-refractivity contribution >= 4 is 11.9 Å². The fourth-order valence-electron chi connectivity index (χ4n) is 5.22. The SMILES string of the molecule is COC(=O)CCCCOc1cc([C@@](Cc2ccccc2)(NC(=O)c2ccc(F)c(C(F)(F)F)c2)c2cc(F)cc(OC(F)(F)C(F)F)c2)ccc1F. The van der Waals surface area contributed by atoms with E-state index < -0.39 is 88.2 Å². The molecule has 0 unspecified atom stereocenters. The van der Waals surface area contributed by atoms with Gasteiger partial charge in [-0.25, -0.2) is 13.2 Å². The lowest BCUT2D eigenvalue weighted by Crippen LogP contribution is -2.49. The molecule has 0 heterocycles. The van der Waals surface area contributed by atoms with Crippen molar-refractivity contribution in [3.63, 3.8) is 0 Å². The zero-order valence-electron chi connectivity index (χ0n) is 27.0. The molecule has 1 N–H and O–H groups in total. The molecule has 278 valence electrons. The third-order valence-corrected chi connectivity index (χ3v) is 7.73. The second-order valence-electron chi connectivity index (χ2n) is 11.4. The molecule has 0 aromatic heterocycles. The summed E-state index contributed by atoms with van der Waals surface area (Å²) in [6.07, 6.45) is -14.6. The number of halogens is 10. The third kappa shape index (κ3) is 9.73. The van der Waals surface area contributed by atoms with Crippen LogP contribution in [-0.4, -0.2) is 38.1 Å². The van der Waals surface area contributed by atoms with Crippen LogP contribution in [0.4, 0.5) is 43.9 Å². The largest absolute Gasteiger partial charge is 0.491 e. The number of rotatable bonds is 15. The van der Waals surface area contributed by atoms with Crippen LogP contribution in [0.1, 0.15) is 51.9 Å². The first-order valence-electron chi connectivity index (χ1n) is 15.3. The minimum absolute atomic E-state index is 0.0304. The van der Waals surface area contributed by atoms with Gasteiger partial charge in [-0.15, -0.1) is 0 Å². The van der Waals surface area contributed by atoms with Gasteiger partial charge < -0.3 is 19.5 Å². The molecule has 0 spiro atoms. The molecule has 0 aliphatic rings. The van der Waals surface area contributed by atoms with Gasteiger partial charge in [-0.2, -0.15) is 30.7 Å². The molecule has 52 heavy (non-hydrogen) atoms. The average molecular weight is 746 g/mol. The Morgan fingerprint density at radius 3 is 2.13 bits per heavy atom. The summed E-state index contributed by atoms with van der Waals surface area (Å²) < 4.78 is 154. The van der Waals surface area contributed by atoms with Gasteiger partial charge in [0.05, 0.1) is 24.8 Å². The topological polar surface area (TPSA) is 73.9 Å². The highest BCUT2D eigenvalue weighted by Gasteiger charge is 2.45. The highest BCUT2D eigenvalue weighted by Crippen LogP contribution is 2.40. The number of ether oxygens (including phenoxy) is 3. The molecule has 1 atom stereocenters. The molecule has 0 aliphatic carbocycles. The van der Waals surface area contributed by atoms with Crippen LogP contribution in [0.3, 0.4) is 0 Å². The molecule has 0 fully saturated rings. The number of methoxy groups -OCH3 is 1. The predicted molar refractivity (Wildman–Crippen MR) is 166 cm³/mol. The van der Waals surface area contributed by atoms with Gasteiger partial charge in [0.2, 0.25) is 0 Å². The molecule has 0 radical (unpaired) electrons. The highest BCUT2D eigenvalue weighted by molar-refractivity contribution is 5.95. The smallest absolute Gasteiger partial charge is 0.461 e. The van der Waals surface area contributed by atoms with Gasteiger partial charge in [0.25, 0.3) is 5.91 Å². The van der Waals surface area contributed by atoms with Gasteiger partial charge in [-0.1, -0.05) is 36.4 Å². The summed E-state index contributed by atoms with van der Waals surface area (Å²) in [4.78, 5) is 25.3. The van der Waals surface area contributed by atoms with E-state index in [1.165, 1.54) is 19.2 Å². The van der Waals surface area contributed by atoms with E-state index in [-0.39, 0.29) is 37.5 Å². The molecule has 0 saturated heterocycles. The van der Waals surface area contributed by atoms with Crippen molar-refractivity contribution in [2.75, 3.05) is 13.7 Å². The molecule has 6 nitrogen and oxygen atoms in total. The number of hydrogen-bond acceptors (Lipinski definition) is 5. The summed E-state index contributed by atoms with van der Waals surface area (Å²) in [7, 11) is 1.20. The number of carbonyl (C=O) groups is 2. The predicted octanol–water partition coefficient (Wildman–Crippen LogP) is 9.00. The van der Waals surface area contributed by atoms with E-state index in [0.29, 0.717) is 23.8 Å². The number of esters is 1. The van der Waals surface area contributed by atoms with Crippen molar-refractivity contribution in [3.05, 3.63) is 130 Å². The van der Waals surface area contributed by atoms with E-state index in [1.807, 2.05) is 0 Å². The second kappa shape index (κ2) is 16.4. The molecule has 4 aromatic rings. The van der Waals surface area contributed by atoms with Gasteiger partial charge >= 0.3 is 24.7 Å². The van der Waals surface area contributed by atoms with E-state index in [1.54, 1.807) is 18.2 Å². The van der Waals surface area contributed by atoms with Crippen LogP contribution < -0.4 is 14.8 Å². The molecule has 16 heteroatoms. The van der Waals surface area contributed by atoms with Gasteiger partial charge in [-0.05, 0) is 72.0 Å². The van der Waals surface area contributed by atoms with Crippen LogP contribution in [0, 0.1) is 17.5 Å². The standard InChI is InChI=1S/C36H29F10NO5/c1-50-31(48)9-5-6-14-51-30-18-23(11-13-29(30)39)34(20-21-7-3-2-4-8-21,24-16-25(37)19-26(17-24)52-36(45,46)33(40)41)47-32(49)22-10-12-28(38)27(15-22)35(42,43)44/h2-4,7-8,10-13,15-19,33H,5-6,9,14,20H2,1H3,(H,47,49)/t34-/m1/s1. The van der Waals surface area contributed by atoms with E-state index in [2.05, 4.69) is 14.8 Å². The Morgan fingerprint density at radius 1 is 0.788 bits per heavy atom. The maximum Gasteiger partial charge on any atom is 0.461 e. The monoisotopic (exact) mass is 745 g/mol. The van der Waals surface area contributed by atoms with Crippen molar-refractivity contribution < 1.29 is 67.7 Å². The lowest BCUT2D eigenvalue weighted by atomic mass is 9.77. The number of carbonyl (C=O) groups excluding carboxylic acids is 2. The fourth-order valence-corrected chi connectivity index (χ4v) is 5.22. The van der Waals surface area contributed by atoms with E-state index >= 15 is 8.78 Å². The Bertz CT molecular complexity index is 1870. The van der Waals surface area contributed by atoms with Crippen LogP contribution in [0.5, 0.6) is 11.5 Å². The first kappa shape index (κ1) is 39.5. The molecule has 0 aliphatic heterocycles. The van der Waals surface area contributed by atoms with Crippen LogP contribution in [0.2, 0.25) is 0 Å². The van der Waals surface area contributed by atoms with Gasteiger partial charge in [0.15, 0.2) is 11.6 Å².